The maximum atomic E-state index is 12.8. The van der Waals surface area contributed by atoms with Gasteiger partial charge in [0, 0.05) is 17.3 Å². The van der Waals surface area contributed by atoms with Crippen LogP contribution >= 0.6 is 0 Å². The Bertz CT molecular complexity index is 543. The highest BCUT2D eigenvalue weighted by Crippen LogP contribution is 2.70. The second-order valence-corrected chi connectivity index (χ2v) is 9.60. The summed E-state index contributed by atoms with van der Waals surface area (Å²) < 4.78 is 5.38. The number of hydrogen-bond acceptors (Lipinski definition) is 3. The lowest BCUT2D eigenvalue weighted by molar-refractivity contribution is -0.180. The molecule has 0 saturated heterocycles. The Hall–Kier alpha value is -0.860. The molecule has 24 heavy (non-hydrogen) atoms. The minimum absolute atomic E-state index is 0.0979. The largest absolute Gasteiger partial charge is 0.467 e. The van der Waals surface area contributed by atoms with Gasteiger partial charge in [-0.05, 0) is 68.1 Å². The lowest BCUT2D eigenvalue weighted by Gasteiger charge is -2.63. The van der Waals surface area contributed by atoms with Crippen LogP contribution in [0, 0.1) is 34.0 Å². The Morgan fingerprint density at radius 2 is 1.88 bits per heavy atom. The van der Waals surface area contributed by atoms with Crippen molar-refractivity contribution in [2.24, 2.45) is 34.0 Å². The Labute approximate surface area is 145 Å². The first kappa shape index (κ1) is 16.6. The molecule has 0 unspecified atom stereocenters. The molecule has 4 aliphatic rings. The van der Waals surface area contributed by atoms with Gasteiger partial charge in [0.1, 0.15) is 5.78 Å². The fraction of sp³-hybridized carbons (Fsp3) is 0.905. The lowest BCUT2D eigenvalue weighted by atomic mass is 9.41. The van der Waals surface area contributed by atoms with Gasteiger partial charge >= 0.3 is 0 Å². The highest BCUT2D eigenvalue weighted by atomic mass is 16.5. The number of carbonyl (C=O) groups is 2. The average molecular weight is 332 g/mol. The third-order valence-electron chi connectivity index (χ3n) is 9.20. The maximum absolute atomic E-state index is 12.8. The number of fused-ring (bicyclic) bond motifs is 5. The second kappa shape index (κ2) is 5.57. The first-order chi connectivity index (χ1) is 11.5. The van der Waals surface area contributed by atoms with E-state index < -0.39 is 0 Å². The van der Waals surface area contributed by atoms with Crippen LogP contribution in [0.15, 0.2) is 0 Å². The Morgan fingerprint density at radius 1 is 1.04 bits per heavy atom. The first-order valence-electron chi connectivity index (χ1n) is 10.1. The van der Waals surface area contributed by atoms with E-state index in [9.17, 15) is 9.59 Å². The number of Topliss-reactive ketones (excluding diaryl/α,β-unsaturated/α-hetero) is 1. The zero-order chi connectivity index (χ0) is 17.0. The molecule has 3 nitrogen and oxygen atoms in total. The summed E-state index contributed by atoms with van der Waals surface area (Å²) in [6, 6.07) is 0. The normalized spacial score (nSPS) is 50.6. The van der Waals surface area contributed by atoms with Crippen molar-refractivity contribution in [2.75, 3.05) is 6.61 Å². The van der Waals surface area contributed by atoms with Gasteiger partial charge in [0.2, 0.25) is 0 Å². The van der Waals surface area contributed by atoms with Gasteiger partial charge in [-0.15, -0.1) is 0 Å². The van der Waals surface area contributed by atoms with Crippen LogP contribution in [-0.2, 0) is 14.3 Å². The van der Waals surface area contributed by atoms with Crippen molar-refractivity contribution in [3.8, 4) is 0 Å². The summed E-state index contributed by atoms with van der Waals surface area (Å²) in [6.45, 7) is 5.78. The van der Waals surface area contributed by atoms with Crippen LogP contribution in [0.4, 0.5) is 0 Å². The number of ketones is 1. The van der Waals surface area contributed by atoms with E-state index in [1.165, 1.54) is 44.9 Å². The standard InChI is InChI=1S/C21H32O3/c1-19-10-4-3-5-15(19)6-7-17-16(19)8-11-20(2)18(23)9-12-21(17,20)13-24-14-22/h14-17H,3-13H2,1-2H3/t15-,16+,17-,19+,20-,21-/m1/s1. The van der Waals surface area contributed by atoms with Crippen molar-refractivity contribution in [3.05, 3.63) is 0 Å². The van der Waals surface area contributed by atoms with Crippen molar-refractivity contribution < 1.29 is 14.3 Å². The molecule has 4 fully saturated rings. The first-order valence-corrected chi connectivity index (χ1v) is 10.1. The fourth-order valence-corrected chi connectivity index (χ4v) is 7.74. The molecule has 0 heterocycles. The van der Waals surface area contributed by atoms with E-state index >= 15 is 0 Å². The Balaban J connectivity index is 1.73. The fourth-order valence-electron chi connectivity index (χ4n) is 7.74. The van der Waals surface area contributed by atoms with Gasteiger partial charge in [-0.1, -0.05) is 26.7 Å². The van der Waals surface area contributed by atoms with E-state index in [4.69, 9.17) is 4.74 Å². The second-order valence-electron chi connectivity index (χ2n) is 9.60. The Kier molecular flexibility index (Phi) is 3.85. The lowest BCUT2D eigenvalue weighted by Crippen LogP contribution is -2.59. The molecule has 4 rings (SSSR count). The molecule has 0 spiro atoms. The molecule has 134 valence electrons. The number of rotatable bonds is 3. The maximum Gasteiger partial charge on any atom is 0.293 e. The van der Waals surface area contributed by atoms with Crippen LogP contribution in [0.1, 0.15) is 78.1 Å². The summed E-state index contributed by atoms with van der Waals surface area (Å²) in [7, 11) is 0. The third-order valence-corrected chi connectivity index (χ3v) is 9.20. The highest BCUT2D eigenvalue weighted by Gasteiger charge is 2.67. The molecule has 0 N–H and O–H groups in total. The van der Waals surface area contributed by atoms with E-state index in [0.29, 0.717) is 42.5 Å². The van der Waals surface area contributed by atoms with Gasteiger partial charge in [-0.2, -0.15) is 0 Å². The summed E-state index contributed by atoms with van der Waals surface area (Å²) in [6.07, 6.45) is 11.9. The van der Waals surface area contributed by atoms with Crippen LogP contribution in [0.5, 0.6) is 0 Å². The van der Waals surface area contributed by atoms with Crippen LogP contribution in [-0.4, -0.2) is 18.9 Å². The molecule has 0 aromatic carbocycles. The van der Waals surface area contributed by atoms with Crippen molar-refractivity contribution in [3.63, 3.8) is 0 Å². The van der Waals surface area contributed by atoms with E-state index in [1.807, 2.05) is 0 Å². The summed E-state index contributed by atoms with van der Waals surface area (Å²) in [5.74, 6) is 2.57. The van der Waals surface area contributed by atoms with Crippen LogP contribution in [0.2, 0.25) is 0 Å². The van der Waals surface area contributed by atoms with Crippen molar-refractivity contribution in [1.29, 1.82) is 0 Å². The van der Waals surface area contributed by atoms with E-state index in [0.717, 1.165) is 18.8 Å². The monoisotopic (exact) mass is 332 g/mol. The molecular formula is C21H32O3. The smallest absolute Gasteiger partial charge is 0.293 e. The summed E-state index contributed by atoms with van der Waals surface area (Å²) in [4.78, 5) is 23.8. The molecule has 6 atom stereocenters. The summed E-state index contributed by atoms with van der Waals surface area (Å²) in [5, 5.41) is 0. The van der Waals surface area contributed by atoms with Crippen molar-refractivity contribution in [2.45, 2.75) is 78.1 Å². The van der Waals surface area contributed by atoms with Gasteiger partial charge in [0.05, 0.1) is 6.61 Å². The van der Waals surface area contributed by atoms with Gasteiger partial charge in [0.25, 0.3) is 6.47 Å². The number of ether oxygens (including phenoxy) is 1. The molecule has 0 aromatic heterocycles. The molecule has 0 aromatic rings. The van der Waals surface area contributed by atoms with E-state index in [2.05, 4.69) is 13.8 Å². The minimum Gasteiger partial charge on any atom is -0.467 e. The molecule has 0 amide bonds. The predicted octanol–water partition coefficient (Wildman–Crippen LogP) is 4.53. The van der Waals surface area contributed by atoms with Crippen molar-refractivity contribution in [1.82, 2.24) is 0 Å². The minimum atomic E-state index is -0.269. The molecule has 3 heteroatoms. The predicted molar refractivity (Wildman–Crippen MR) is 92.3 cm³/mol. The molecule has 4 aliphatic carbocycles. The SMILES string of the molecule is C[C@]12CCCC[C@@H]1CC[C@@H]1[C@@H]2CC[C@]2(C)C(=O)CC[C@@]12COC=O. The van der Waals surface area contributed by atoms with E-state index in [1.54, 1.807) is 0 Å². The van der Waals surface area contributed by atoms with Crippen molar-refractivity contribution >= 4 is 12.3 Å². The molecular weight excluding hydrogens is 300 g/mol. The zero-order valence-corrected chi connectivity index (χ0v) is 15.3. The zero-order valence-electron chi connectivity index (χ0n) is 15.3. The number of carbonyl (C=O) groups excluding carboxylic acids is 2. The summed E-state index contributed by atoms with van der Waals surface area (Å²) >= 11 is 0. The average Bonchev–Trinajstić information content (AvgIpc) is 2.85. The highest BCUT2D eigenvalue weighted by molar-refractivity contribution is 5.88. The van der Waals surface area contributed by atoms with Gasteiger partial charge in [-0.25, -0.2) is 0 Å². The topological polar surface area (TPSA) is 43.4 Å². The van der Waals surface area contributed by atoms with Gasteiger partial charge < -0.3 is 4.74 Å². The molecule has 0 radical (unpaired) electrons. The van der Waals surface area contributed by atoms with Crippen LogP contribution in [0.3, 0.4) is 0 Å². The Morgan fingerprint density at radius 3 is 2.67 bits per heavy atom. The van der Waals surface area contributed by atoms with Crippen LogP contribution in [0.25, 0.3) is 0 Å². The van der Waals surface area contributed by atoms with E-state index in [-0.39, 0.29) is 10.8 Å². The summed E-state index contributed by atoms with van der Waals surface area (Å²) in [5.41, 5.74) is 0.0801. The molecule has 0 bridgehead atoms. The quantitative estimate of drug-likeness (QED) is 0.713. The third kappa shape index (κ3) is 1.96. The molecule has 0 aliphatic heterocycles. The van der Waals surface area contributed by atoms with Crippen LogP contribution < -0.4 is 0 Å². The van der Waals surface area contributed by atoms with Gasteiger partial charge in [0.15, 0.2) is 0 Å². The number of hydrogen-bond donors (Lipinski definition) is 0. The van der Waals surface area contributed by atoms with Gasteiger partial charge in [-0.3, -0.25) is 9.59 Å². The molecule has 4 saturated carbocycles.